The number of rotatable bonds is 3. The molecule has 0 bridgehead atoms. The molecule has 0 radical (unpaired) electrons. The lowest BCUT2D eigenvalue weighted by atomic mass is 9.86. The van der Waals surface area contributed by atoms with Crippen LogP contribution < -0.4 is 10.5 Å². The van der Waals surface area contributed by atoms with E-state index in [1.165, 1.54) is 5.56 Å². The Kier molecular flexibility index (Phi) is 4.26. The molecule has 2 aromatic rings. The summed E-state index contributed by atoms with van der Waals surface area (Å²) < 4.78 is 6.10. The summed E-state index contributed by atoms with van der Waals surface area (Å²) in [5.41, 5.74) is 10.3. The molecule has 0 heterocycles. The minimum atomic E-state index is -0.0207. The lowest BCUT2D eigenvalue weighted by molar-refractivity contribution is 0.225. The predicted octanol–water partition coefficient (Wildman–Crippen LogP) is 5.01. The highest BCUT2D eigenvalue weighted by Gasteiger charge is 2.16. The minimum absolute atomic E-state index is 0.0207. The summed E-state index contributed by atoms with van der Waals surface area (Å²) in [4.78, 5) is 0. The van der Waals surface area contributed by atoms with E-state index in [1.54, 1.807) is 0 Å². The van der Waals surface area contributed by atoms with E-state index in [9.17, 15) is 0 Å². The van der Waals surface area contributed by atoms with Gasteiger partial charge in [-0.25, -0.2) is 0 Å². The van der Waals surface area contributed by atoms with Crippen LogP contribution in [-0.4, -0.2) is 0 Å². The van der Waals surface area contributed by atoms with Crippen molar-refractivity contribution >= 4 is 5.69 Å². The molecule has 2 rings (SSSR count). The fourth-order valence-electron chi connectivity index (χ4n) is 2.32. The molecule has 0 saturated heterocycles. The van der Waals surface area contributed by atoms with Gasteiger partial charge < -0.3 is 10.5 Å². The number of aryl methyl sites for hydroxylation is 1. The molecule has 0 aliphatic heterocycles. The van der Waals surface area contributed by atoms with Crippen molar-refractivity contribution in [2.24, 2.45) is 0 Å². The Labute approximate surface area is 127 Å². The van der Waals surface area contributed by atoms with Crippen molar-refractivity contribution in [1.82, 2.24) is 0 Å². The third-order valence-electron chi connectivity index (χ3n) is 3.72. The van der Waals surface area contributed by atoms with E-state index in [0.717, 1.165) is 22.6 Å². The maximum Gasteiger partial charge on any atom is 0.123 e. The second-order valence-corrected chi connectivity index (χ2v) is 6.66. The summed E-state index contributed by atoms with van der Waals surface area (Å²) in [5, 5.41) is 0. The average Bonchev–Trinajstić information content (AvgIpc) is 2.39. The van der Waals surface area contributed by atoms with E-state index < -0.39 is 0 Å². The Morgan fingerprint density at radius 2 is 1.76 bits per heavy atom. The number of nitrogens with two attached hydrogens (primary N) is 1. The lowest BCUT2D eigenvalue weighted by Gasteiger charge is -2.22. The normalized spacial score (nSPS) is 13.0. The third-order valence-corrected chi connectivity index (χ3v) is 3.72. The number of anilines is 1. The summed E-state index contributed by atoms with van der Waals surface area (Å²) in [6, 6.07) is 14.3. The average molecular weight is 283 g/mol. The molecule has 0 aromatic heterocycles. The lowest BCUT2D eigenvalue weighted by Crippen LogP contribution is -2.11. The maximum atomic E-state index is 6.10. The quantitative estimate of drug-likeness (QED) is 0.803. The molecule has 1 unspecified atom stereocenters. The van der Waals surface area contributed by atoms with Crippen molar-refractivity contribution in [1.29, 1.82) is 0 Å². The summed E-state index contributed by atoms with van der Waals surface area (Å²) in [6.45, 7) is 10.8. The topological polar surface area (TPSA) is 35.2 Å². The molecular weight excluding hydrogens is 258 g/mol. The summed E-state index contributed by atoms with van der Waals surface area (Å²) in [7, 11) is 0. The van der Waals surface area contributed by atoms with Gasteiger partial charge in [-0.05, 0) is 54.2 Å². The van der Waals surface area contributed by atoms with Crippen LogP contribution in [0.15, 0.2) is 42.5 Å². The van der Waals surface area contributed by atoms with Crippen LogP contribution in [0.3, 0.4) is 0 Å². The molecule has 0 aliphatic carbocycles. The Balaban J connectivity index is 2.20. The smallest absolute Gasteiger partial charge is 0.123 e. The van der Waals surface area contributed by atoms with Gasteiger partial charge in [-0.15, -0.1) is 0 Å². The first-order valence-electron chi connectivity index (χ1n) is 7.40. The molecule has 0 amide bonds. The van der Waals surface area contributed by atoms with E-state index in [0.29, 0.717) is 0 Å². The van der Waals surface area contributed by atoms with Crippen LogP contribution >= 0.6 is 0 Å². The molecule has 112 valence electrons. The standard InChI is InChI=1S/C19H25NO/c1-13-11-16(19(3,4)5)9-10-18(13)21-14(2)15-7-6-8-17(20)12-15/h6-12,14H,20H2,1-5H3. The van der Waals surface area contributed by atoms with Crippen LogP contribution in [0.2, 0.25) is 0 Å². The van der Waals surface area contributed by atoms with Crippen LogP contribution in [0.25, 0.3) is 0 Å². The van der Waals surface area contributed by atoms with Crippen molar-refractivity contribution in [3.8, 4) is 5.75 Å². The highest BCUT2D eigenvalue weighted by Crippen LogP contribution is 2.30. The zero-order chi connectivity index (χ0) is 15.6. The monoisotopic (exact) mass is 283 g/mol. The SMILES string of the molecule is Cc1cc(C(C)(C)C)ccc1OC(C)c1cccc(N)c1. The molecule has 0 aliphatic rings. The fraction of sp³-hybridized carbons (Fsp3) is 0.368. The number of benzene rings is 2. The predicted molar refractivity (Wildman–Crippen MR) is 89.8 cm³/mol. The molecule has 2 heteroatoms. The second kappa shape index (κ2) is 5.80. The van der Waals surface area contributed by atoms with E-state index in [4.69, 9.17) is 10.5 Å². The summed E-state index contributed by atoms with van der Waals surface area (Å²) >= 11 is 0. The molecule has 0 fully saturated rings. The fourth-order valence-corrected chi connectivity index (χ4v) is 2.32. The summed E-state index contributed by atoms with van der Waals surface area (Å²) in [5.74, 6) is 0.929. The van der Waals surface area contributed by atoms with Crippen LogP contribution in [0.5, 0.6) is 5.75 Å². The Hall–Kier alpha value is -1.96. The van der Waals surface area contributed by atoms with Crippen LogP contribution in [0, 0.1) is 6.92 Å². The van der Waals surface area contributed by atoms with Gasteiger partial charge in [0.25, 0.3) is 0 Å². The van der Waals surface area contributed by atoms with Gasteiger partial charge in [-0.2, -0.15) is 0 Å². The Bertz CT molecular complexity index is 626. The van der Waals surface area contributed by atoms with Gasteiger partial charge >= 0.3 is 0 Å². The molecule has 0 spiro atoms. The van der Waals surface area contributed by atoms with Gasteiger partial charge in [0.05, 0.1) is 0 Å². The van der Waals surface area contributed by atoms with Crippen molar-refractivity contribution in [3.05, 3.63) is 59.2 Å². The molecular formula is C19H25NO. The van der Waals surface area contributed by atoms with Crippen molar-refractivity contribution in [2.45, 2.75) is 46.1 Å². The van der Waals surface area contributed by atoms with Gasteiger partial charge in [0.1, 0.15) is 11.9 Å². The molecule has 2 aromatic carbocycles. The molecule has 21 heavy (non-hydrogen) atoms. The zero-order valence-corrected chi connectivity index (χ0v) is 13.6. The van der Waals surface area contributed by atoms with E-state index >= 15 is 0 Å². The highest BCUT2D eigenvalue weighted by molar-refractivity contribution is 5.42. The van der Waals surface area contributed by atoms with E-state index in [-0.39, 0.29) is 11.5 Å². The van der Waals surface area contributed by atoms with Crippen LogP contribution in [0.1, 0.15) is 50.5 Å². The van der Waals surface area contributed by atoms with Crippen LogP contribution in [0.4, 0.5) is 5.69 Å². The number of hydrogen-bond acceptors (Lipinski definition) is 2. The second-order valence-electron chi connectivity index (χ2n) is 6.66. The van der Waals surface area contributed by atoms with Gasteiger partial charge in [-0.1, -0.05) is 45.0 Å². The Morgan fingerprint density at radius 1 is 1.05 bits per heavy atom. The largest absolute Gasteiger partial charge is 0.486 e. The van der Waals surface area contributed by atoms with Gasteiger partial charge in [-0.3, -0.25) is 0 Å². The van der Waals surface area contributed by atoms with Gasteiger partial charge in [0, 0.05) is 5.69 Å². The third kappa shape index (κ3) is 3.78. The van der Waals surface area contributed by atoms with Crippen molar-refractivity contribution in [3.63, 3.8) is 0 Å². The number of nitrogen functional groups attached to an aromatic ring is 1. The zero-order valence-electron chi connectivity index (χ0n) is 13.6. The number of hydrogen-bond donors (Lipinski definition) is 1. The van der Waals surface area contributed by atoms with Crippen LogP contribution in [-0.2, 0) is 5.41 Å². The first-order valence-corrected chi connectivity index (χ1v) is 7.40. The van der Waals surface area contributed by atoms with Gasteiger partial charge in [0.2, 0.25) is 0 Å². The van der Waals surface area contributed by atoms with Gasteiger partial charge in [0.15, 0.2) is 0 Å². The number of ether oxygens (including phenoxy) is 1. The highest BCUT2D eigenvalue weighted by atomic mass is 16.5. The molecule has 0 saturated carbocycles. The minimum Gasteiger partial charge on any atom is -0.486 e. The van der Waals surface area contributed by atoms with Crippen molar-refractivity contribution in [2.75, 3.05) is 5.73 Å². The molecule has 2 nitrogen and oxygen atoms in total. The maximum absolute atomic E-state index is 6.10. The first-order chi connectivity index (χ1) is 9.77. The molecule has 2 N–H and O–H groups in total. The van der Waals surface area contributed by atoms with E-state index in [1.807, 2.05) is 31.2 Å². The van der Waals surface area contributed by atoms with E-state index in [2.05, 4.69) is 45.9 Å². The molecule has 1 atom stereocenters. The first kappa shape index (κ1) is 15.4. The van der Waals surface area contributed by atoms with Crippen molar-refractivity contribution < 1.29 is 4.74 Å². The Morgan fingerprint density at radius 3 is 2.33 bits per heavy atom. The summed E-state index contributed by atoms with van der Waals surface area (Å²) in [6.07, 6.45) is -0.0207.